The van der Waals surface area contributed by atoms with Gasteiger partial charge in [0.15, 0.2) is 0 Å². The zero-order valence-corrected chi connectivity index (χ0v) is 14.7. The number of aryl methyl sites for hydroxylation is 1. The first kappa shape index (κ1) is 17.1. The van der Waals surface area contributed by atoms with Gasteiger partial charge in [0.25, 0.3) is 0 Å². The van der Waals surface area contributed by atoms with Crippen LogP contribution in [0, 0.1) is 0 Å². The second kappa shape index (κ2) is 8.94. The molecule has 1 aliphatic rings. The normalized spacial score (nSPS) is 15.5. The van der Waals surface area contributed by atoms with E-state index in [1.807, 2.05) is 16.8 Å². The van der Waals surface area contributed by atoms with E-state index < -0.39 is 0 Å². The molecule has 1 N–H and O–H groups in total. The molecule has 0 unspecified atom stereocenters. The van der Waals surface area contributed by atoms with Crippen molar-refractivity contribution in [3.05, 3.63) is 22.7 Å². The van der Waals surface area contributed by atoms with Crippen LogP contribution in [-0.2, 0) is 11.2 Å². The lowest BCUT2D eigenvalue weighted by Gasteiger charge is -2.26. The smallest absolute Gasteiger partial charge is 0.248 e. The molecule has 3 rings (SSSR count). The summed E-state index contributed by atoms with van der Waals surface area (Å²) in [6, 6.07) is 1.94. The second-order valence-corrected chi connectivity index (χ2v) is 6.90. The van der Waals surface area contributed by atoms with Crippen molar-refractivity contribution in [2.75, 3.05) is 26.2 Å². The van der Waals surface area contributed by atoms with Crippen LogP contribution in [0.5, 0.6) is 0 Å². The lowest BCUT2D eigenvalue weighted by Crippen LogP contribution is -2.33. The van der Waals surface area contributed by atoms with Gasteiger partial charge in [-0.25, -0.2) is 0 Å². The number of hydrogen-bond acceptors (Lipinski definition) is 6. The quantitative estimate of drug-likeness (QED) is 0.743. The van der Waals surface area contributed by atoms with Gasteiger partial charge in [0.2, 0.25) is 17.7 Å². The molecule has 2 aromatic heterocycles. The number of thiophene rings is 1. The Labute approximate surface area is 146 Å². The van der Waals surface area contributed by atoms with Gasteiger partial charge in [-0.15, -0.1) is 10.2 Å². The molecule has 0 aliphatic carbocycles. The fraction of sp³-hybridized carbons (Fsp3) is 0.588. The van der Waals surface area contributed by atoms with Gasteiger partial charge >= 0.3 is 0 Å². The van der Waals surface area contributed by atoms with E-state index in [1.165, 1.54) is 32.4 Å². The summed E-state index contributed by atoms with van der Waals surface area (Å²) in [4.78, 5) is 14.4. The highest BCUT2D eigenvalue weighted by molar-refractivity contribution is 7.08. The van der Waals surface area contributed by atoms with Crippen LogP contribution >= 0.6 is 11.3 Å². The summed E-state index contributed by atoms with van der Waals surface area (Å²) >= 11 is 1.59. The number of carbonyl (C=O) groups is 1. The van der Waals surface area contributed by atoms with Gasteiger partial charge in [-0.3, -0.25) is 4.79 Å². The first-order chi connectivity index (χ1) is 11.8. The van der Waals surface area contributed by atoms with Gasteiger partial charge in [-0.1, -0.05) is 6.42 Å². The molecule has 0 bridgehead atoms. The number of likely N-dealkylation sites (tertiary alicyclic amines) is 1. The highest BCUT2D eigenvalue weighted by Crippen LogP contribution is 2.20. The molecule has 2 aromatic rings. The third-order valence-electron chi connectivity index (χ3n) is 4.22. The van der Waals surface area contributed by atoms with Gasteiger partial charge in [0.05, 0.1) is 0 Å². The first-order valence-electron chi connectivity index (χ1n) is 8.65. The van der Waals surface area contributed by atoms with E-state index in [4.69, 9.17) is 4.42 Å². The van der Waals surface area contributed by atoms with Crippen molar-refractivity contribution in [3.8, 4) is 11.5 Å². The molecule has 0 aromatic carbocycles. The van der Waals surface area contributed by atoms with Crippen LogP contribution in [0.25, 0.3) is 11.5 Å². The second-order valence-electron chi connectivity index (χ2n) is 6.12. The predicted octanol–water partition coefficient (Wildman–Crippen LogP) is 2.72. The Kier molecular flexibility index (Phi) is 6.37. The monoisotopic (exact) mass is 348 g/mol. The zero-order valence-electron chi connectivity index (χ0n) is 13.9. The van der Waals surface area contributed by atoms with E-state index in [-0.39, 0.29) is 5.91 Å². The highest BCUT2D eigenvalue weighted by Gasteiger charge is 2.11. The lowest BCUT2D eigenvalue weighted by atomic mass is 10.1. The Morgan fingerprint density at radius 1 is 1.29 bits per heavy atom. The number of carbonyl (C=O) groups excluding carboxylic acids is 1. The molecular weight excluding hydrogens is 324 g/mol. The fourth-order valence-electron chi connectivity index (χ4n) is 2.88. The molecule has 0 spiro atoms. The average molecular weight is 348 g/mol. The Bertz CT molecular complexity index is 620. The number of nitrogens with one attached hydrogen (secondary N) is 1. The Balaban J connectivity index is 1.31. The van der Waals surface area contributed by atoms with Gasteiger partial charge in [0, 0.05) is 30.3 Å². The summed E-state index contributed by atoms with van der Waals surface area (Å²) in [6.07, 6.45) is 5.85. The van der Waals surface area contributed by atoms with Crippen LogP contribution in [0.15, 0.2) is 21.2 Å². The fourth-order valence-corrected chi connectivity index (χ4v) is 3.51. The predicted molar refractivity (Wildman–Crippen MR) is 93.8 cm³/mol. The maximum Gasteiger partial charge on any atom is 0.248 e. The van der Waals surface area contributed by atoms with E-state index in [9.17, 15) is 4.79 Å². The van der Waals surface area contributed by atoms with Crippen LogP contribution in [0.1, 0.15) is 38.0 Å². The summed E-state index contributed by atoms with van der Waals surface area (Å²) < 4.78 is 5.58. The summed E-state index contributed by atoms with van der Waals surface area (Å²) in [5.41, 5.74) is 0.931. The SMILES string of the molecule is O=C(CCc1nnc(-c2ccsc2)o1)NCCCN1CCCCC1. The van der Waals surface area contributed by atoms with Crippen molar-refractivity contribution in [3.63, 3.8) is 0 Å². The molecule has 7 heteroatoms. The molecule has 1 saturated heterocycles. The summed E-state index contributed by atoms with van der Waals surface area (Å²) in [5.74, 6) is 1.08. The van der Waals surface area contributed by atoms with Gasteiger partial charge in [-0.2, -0.15) is 11.3 Å². The molecule has 6 nitrogen and oxygen atoms in total. The number of amides is 1. The van der Waals surface area contributed by atoms with Crippen LogP contribution in [0.4, 0.5) is 0 Å². The number of piperidine rings is 1. The molecule has 24 heavy (non-hydrogen) atoms. The van der Waals surface area contributed by atoms with Crippen LogP contribution in [0.3, 0.4) is 0 Å². The Morgan fingerprint density at radius 2 is 2.17 bits per heavy atom. The minimum atomic E-state index is 0.0453. The van der Waals surface area contributed by atoms with Crippen molar-refractivity contribution in [2.24, 2.45) is 0 Å². The van der Waals surface area contributed by atoms with Gasteiger partial charge < -0.3 is 14.6 Å². The number of aromatic nitrogens is 2. The van der Waals surface area contributed by atoms with Crippen LogP contribution < -0.4 is 5.32 Å². The zero-order chi connectivity index (χ0) is 16.6. The Morgan fingerprint density at radius 3 is 2.96 bits per heavy atom. The van der Waals surface area contributed by atoms with Crippen LogP contribution in [0.2, 0.25) is 0 Å². The highest BCUT2D eigenvalue weighted by atomic mass is 32.1. The minimum absolute atomic E-state index is 0.0453. The topological polar surface area (TPSA) is 71.3 Å². The van der Waals surface area contributed by atoms with Gasteiger partial charge in [-0.05, 0) is 50.3 Å². The lowest BCUT2D eigenvalue weighted by molar-refractivity contribution is -0.121. The molecule has 1 aliphatic heterocycles. The van der Waals surface area contributed by atoms with Gasteiger partial charge in [0.1, 0.15) is 0 Å². The third kappa shape index (κ3) is 5.14. The standard InChI is InChI=1S/C17H24N4O2S/c22-15(18-8-4-11-21-9-2-1-3-10-21)5-6-16-19-20-17(23-16)14-7-12-24-13-14/h7,12-13H,1-6,8-11H2,(H,18,22). The van der Waals surface area contributed by atoms with Crippen molar-refractivity contribution in [1.29, 1.82) is 0 Å². The van der Waals surface area contributed by atoms with E-state index in [0.717, 1.165) is 25.1 Å². The molecule has 0 radical (unpaired) electrons. The van der Waals surface area contributed by atoms with Crippen molar-refractivity contribution in [2.45, 2.75) is 38.5 Å². The molecular formula is C17H24N4O2S. The average Bonchev–Trinajstić information content (AvgIpc) is 3.29. The Hall–Kier alpha value is -1.73. The molecule has 130 valence electrons. The van der Waals surface area contributed by atoms with E-state index >= 15 is 0 Å². The van der Waals surface area contributed by atoms with Crippen LogP contribution in [-0.4, -0.2) is 47.2 Å². The number of nitrogens with zero attached hydrogens (tertiary/aromatic N) is 3. The van der Waals surface area contributed by atoms with Crippen molar-refractivity contribution < 1.29 is 9.21 Å². The molecule has 1 amide bonds. The first-order valence-corrected chi connectivity index (χ1v) is 9.59. The number of hydrogen-bond donors (Lipinski definition) is 1. The molecule has 0 saturated carbocycles. The molecule has 1 fully saturated rings. The third-order valence-corrected chi connectivity index (χ3v) is 4.91. The van der Waals surface area contributed by atoms with E-state index in [1.54, 1.807) is 11.3 Å². The largest absolute Gasteiger partial charge is 0.421 e. The number of rotatable bonds is 8. The van der Waals surface area contributed by atoms with Crippen molar-refractivity contribution in [1.82, 2.24) is 20.4 Å². The molecule has 0 atom stereocenters. The summed E-state index contributed by atoms with van der Waals surface area (Å²) in [6.45, 7) is 4.22. The van der Waals surface area contributed by atoms with Crippen molar-refractivity contribution >= 4 is 17.2 Å². The summed E-state index contributed by atoms with van der Waals surface area (Å²) in [7, 11) is 0. The van der Waals surface area contributed by atoms with E-state index in [0.29, 0.717) is 24.6 Å². The minimum Gasteiger partial charge on any atom is -0.421 e. The maximum absolute atomic E-state index is 11.9. The maximum atomic E-state index is 11.9. The molecule has 3 heterocycles. The van der Waals surface area contributed by atoms with E-state index in [2.05, 4.69) is 20.4 Å². The summed E-state index contributed by atoms with van der Waals surface area (Å²) in [5, 5.41) is 14.9.